The maximum Gasteiger partial charge on any atom is -0.00743 e. The molecule has 0 fully saturated rings. The van der Waals surface area contributed by atoms with E-state index in [1.807, 2.05) is 13.8 Å². The summed E-state index contributed by atoms with van der Waals surface area (Å²) in [5, 5.41) is 0. The molecule has 0 spiro atoms. The highest BCUT2D eigenvalue weighted by molar-refractivity contribution is 7.80. The van der Waals surface area contributed by atoms with E-state index in [4.69, 9.17) is 12.2 Å². The zero-order valence-electron chi connectivity index (χ0n) is 4.19. The molecule has 0 bridgehead atoms. The van der Waals surface area contributed by atoms with E-state index < -0.39 is 0 Å². The van der Waals surface area contributed by atoms with Crippen LogP contribution in [0, 0.1) is 12.8 Å². The predicted octanol–water partition coefficient (Wildman–Crippen LogP) is 1.85. The summed E-state index contributed by atoms with van der Waals surface area (Å²) >= 11 is 4.76. The largest absolute Gasteiger partial charge is 0.0897 e. The molecule has 0 heterocycles. The molecule has 35 valence electrons. The van der Waals surface area contributed by atoms with Gasteiger partial charge >= 0.3 is 0 Å². The highest BCUT2D eigenvalue weighted by atomic mass is 32.1. The maximum atomic E-state index is 4.76. The number of thiocarbonyl (C=S) groups is 1. The van der Waals surface area contributed by atoms with Crippen molar-refractivity contribution in [1.82, 2.24) is 0 Å². The molecule has 0 aromatic rings. The van der Waals surface area contributed by atoms with Crippen LogP contribution < -0.4 is 0 Å². The predicted molar refractivity (Wildman–Crippen MR) is 32.8 cm³/mol. The van der Waals surface area contributed by atoms with Gasteiger partial charge in [0.25, 0.3) is 0 Å². The molecule has 0 aliphatic carbocycles. The second-order valence-corrected chi connectivity index (χ2v) is 2.16. The molecular weight excluding hydrogens is 92.1 g/mol. The van der Waals surface area contributed by atoms with E-state index in [0.717, 1.165) is 4.86 Å². The Morgan fingerprint density at radius 2 is 2.00 bits per heavy atom. The van der Waals surface area contributed by atoms with Crippen molar-refractivity contribution >= 4 is 17.1 Å². The first kappa shape index (κ1) is 6.09. The molecule has 1 unspecified atom stereocenters. The van der Waals surface area contributed by atoms with Crippen LogP contribution in [-0.2, 0) is 0 Å². The molecule has 0 aliphatic rings. The summed E-state index contributed by atoms with van der Waals surface area (Å²) < 4.78 is 0. The van der Waals surface area contributed by atoms with E-state index in [-0.39, 0.29) is 0 Å². The van der Waals surface area contributed by atoms with Gasteiger partial charge in [0.1, 0.15) is 0 Å². The summed E-state index contributed by atoms with van der Waals surface area (Å²) in [6.07, 6.45) is 0. The first-order chi connectivity index (χ1) is 2.64. The Balaban J connectivity index is 3.26. The van der Waals surface area contributed by atoms with Crippen LogP contribution in [0.1, 0.15) is 13.8 Å². The minimum Gasteiger partial charge on any atom is -0.0897 e. The van der Waals surface area contributed by atoms with Crippen molar-refractivity contribution in [3.8, 4) is 0 Å². The average molecular weight is 101 g/mol. The number of rotatable bonds is 1. The third-order valence-electron chi connectivity index (χ3n) is 0.694. The molecule has 0 aromatic heterocycles. The molecule has 6 heavy (non-hydrogen) atoms. The van der Waals surface area contributed by atoms with Gasteiger partial charge in [0.15, 0.2) is 0 Å². The van der Waals surface area contributed by atoms with Crippen LogP contribution in [0.2, 0.25) is 0 Å². The quantitative estimate of drug-likeness (QED) is 0.454. The second-order valence-electron chi connectivity index (χ2n) is 1.51. The van der Waals surface area contributed by atoms with Crippen LogP contribution in [0.4, 0.5) is 0 Å². The summed E-state index contributed by atoms with van der Waals surface area (Å²) in [6.45, 7) is 7.59. The molecule has 0 amide bonds. The summed E-state index contributed by atoms with van der Waals surface area (Å²) in [5.74, 6) is 0.333. The molecule has 1 radical (unpaired) electrons. The lowest BCUT2D eigenvalue weighted by molar-refractivity contribution is 1.01. The summed E-state index contributed by atoms with van der Waals surface area (Å²) in [7, 11) is 0. The zero-order chi connectivity index (χ0) is 5.15. The standard InChI is InChI=1S/C5H9S/c1-4(2)5(3)6/h4H,1H2,2-3H3. The van der Waals surface area contributed by atoms with Crippen molar-refractivity contribution in [1.29, 1.82) is 0 Å². The monoisotopic (exact) mass is 101 g/mol. The molecule has 0 aromatic carbocycles. The van der Waals surface area contributed by atoms with Gasteiger partial charge in [-0.3, -0.25) is 0 Å². The van der Waals surface area contributed by atoms with E-state index in [1.54, 1.807) is 0 Å². The third kappa shape index (κ3) is 2.33. The smallest absolute Gasteiger partial charge is 0.00743 e. The molecule has 0 rings (SSSR count). The van der Waals surface area contributed by atoms with E-state index in [9.17, 15) is 0 Å². The van der Waals surface area contributed by atoms with Crippen molar-refractivity contribution in [2.24, 2.45) is 5.92 Å². The van der Waals surface area contributed by atoms with Gasteiger partial charge in [0.05, 0.1) is 0 Å². The molecule has 1 atom stereocenters. The minimum atomic E-state index is 0.333. The lowest BCUT2D eigenvalue weighted by atomic mass is 10.2. The molecule has 0 nitrogen and oxygen atoms in total. The van der Waals surface area contributed by atoms with E-state index in [0.29, 0.717) is 5.92 Å². The average Bonchev–Trinajstić information content (AvgIpc) is 1.36. The fourth-order valence-electron chi connectivity index (χ4n) is 0. The Labute approximate surface area is 44.6 Å². The SMILES string of the molecule is [CH2]C(C)C(C)=S. The fraction of sp³-hybridized carbons (Fsp3) is 0.600. The van der Waals surface area contributed by atoms with Crippen LogP contribution in [0.25, 0.3) is 0 Å². The molecule has 1 heteroatoms. The van der Waals surface area contributed by atoms with E-state index in [1.165, 1.54) is 0 Å². The van der Waals surface area contributed by atoms with Gasteiger partial charge in [-0.1, -0.05) is 19.1 Å². The van der Waals surface area contributed by atoms with Gasteiger partial charge in [0, 0.05) is 0 Å². The Bertz CT molecular complexity index is 55.0. The normalized spacial score (nSPS) is 9.33. The summed E-state index contributed by atoms with van der Waals surface area (Å²) in [4.78, 5) is 0.981. The molecule has 0 N–H and O–H groups in total. The highest BCUT2D eigenvalue weighted by Crippen LogP contribution is 1.92. The van der Waals surface area contributed by atoms with Crippen molar-refractivity contribution in [2.75, 3.05) is 0 Å². The number of hydrogen-bond acceptors (Lipinski definition) is 1. The van der Waals surface area contributed by atoms with E-state index >= 15 is 0 Å². The summed E-state index contributed by atoms with van der Waals surface area (Å²) in [5.41, 5.74) is 0. The van der Waals surface area contributed by atoms with Crippen LogP contribution in [0.5, 0.6) is 0 Å². The summed E-state index contributed by atoms with van der Waals surface area (Å²) in [6, 6.07) is 0. The highest BCUT2D eigenvalue weighted by Gasteiger charge is 1.90. The van der Waals surface area contributed by atoms with E-state index in [2.05, 4.69) is 6.92 Å². The first-order valence-corrected chi connectivity index (χ1v) is 2.39. The van der Waals surface area contributed by atoms with Crippen molar-refractivity contribution in [2.45, 2.75) is 13.8 Å². The topological polar surface area (TPSA) is 0 Å². The Hall–Kier alpha value is 0.0900. The Morgan fingerprint density at radius 1 is 1.83 bits per heavy atom. The lowest BCUT2D eigenvalue weighted by Crippen LogP contribution is -1.96. The van der Waals surface area contributed by atoms with Crippen molar-refractivity contribution < 1.29 is 0 Å². The van der Waals surface area contributed by atoms with Crippen molar-refractivity contribution in [3.05, 3.63) is 6.92 Å². The Kier molecular flexibility index (Phi) is 2.33. The van der Waals surface area contributed by atoms with Gasteiger partial charge in [-0.25, -0.2) is 0 Å². The zero-order valence-corrected chi connectivity index (χ0v) is 5.01. The molecule has 0 saturated heterocycles. The van der Waals surface area contributed by atoms with Gasteiger partial charge in [0.2, 0.25) is 0 Å². The van der Waals surface area contributed by atoms with Crippen LogP contribution >= 0.6 is 12.2 Å². The van der Waals surface area contributed by atoms with Gasteiger partial charge in [-0.2, -0.15) is 0 Å². The minimum absolute atomic E-state index is 0.333. The first-order valence-electron chi connectivity index (χ1n) is 1.98. The number of hydrogen-bond donors (Lipinski definition) is 0. The van der Waals surface area contributed by atoms with Crippen LogP contribution in [-0.4, -0.2) is 4.86 Å². The molecule has 0 saturated carbocycles. The second kappa shape index (κ2) is 2.30. The van der Waals surface area contributed by atoms with Gasteiger partial charge < -0.3 is 0 Å². The Morgan fingerprint density at radius 3 is 2.00 bits per heavy atom. The van der Waals surface area contributed by atoms with Crippen molar-refractivity contribution in [3.63, 3.8) is 0 Å². The molecule has 0 aliphatic heterocycles. The van der Waals surface area contributed by atoms with Crippen LogP contribution in [0.15, 0.2) is 0 Å². The third-order valence-corrected chi connectivity index (χ3v) is 1.10. The van der Waals surface area contributed by atoms with Gasteiger partial charge in [-0.15, -0.1) is 0 Å². The lowest BCUT2D eigenvalue weighted by Gasteiger charge is -1.94. The maximum absolute atomic E-state index is 4.76. The molecular formula is C5H9S. The fourth-order valence-corrected chi connectivity index (χ4v) is 0. The van der Waals surface area contributed by atoms with Gasteiger partial charge in [-0.05, 0) is 24.6 Å². The van der Waals surface area contributed by atoms with Crippen LogP contribution in [0.3, 0.4) is 0 Å².